The first kappa shape index (κ1) is 42.5. The molecule has 6 aliphatic rings. The lowest BCUT2D eigenvalue weighted by atomic mass is 9.72. The number of pyridine rings is 2. The minimum Gasteiger partial charge on any atom is -0.497 e. The van der Waals surface area contributed by atoms with E-state index in [0.717, 1.165) is 100 Å². The zero-order valence-electron chi connectivity index (χ0n) is 38.6. The molecule has 4 bridgehead atoms. The second kappa shape index (κ2) is 18.3. The summed E-state index contributed by atoms with van der Waals surface area (Å²) in [4.78, 5) is 26.0. The highest BCUT2D eigenvalue weighted by Crippen LogP contribution is 2.50. The molecule has 0 amide bonds. The van der Waals surface area contributed by atoms with Crippen LogP contribution in [0.4, 0.5) is 0 Å². The smallest absolute Gasteiger partial charge is 0.229 e. The number of piperidine rings is 6. The average Bonchev–Trinajstić information content (AvgIpc) is 3.39. The second-order valence-corrected chi connectivity index (χ2v) is 18.9. The maximum atomic E-state index is 7.76. The molecule has 66 heavy (non-hydrogen) atoms. The molecule has 10 nitrogen and oxygen atoms in total. The fourth-order valence-corrected chi connectivity index (χ4v) is 12.1. The third-order valence-corrected chi connectivity index (χ3v) is 15.6. The maximum absolute atomic E-state index is 7.76. The predicted octanol–water partition coefficient (Wildman–Crippen LogP) is 11.4. The summed E-state index contributed by atoms with van der Waals surface area (Å²) >= 11 is 0. The van der Waals surface area contributed by atoms with Gasteiger partial charge in [-0.2, -0.15) is 9.97 Å². The summed E-state index contributed by atoms with van der Waals surface area (Å²) in [5.74, 6) is 5.70. The van der Waals surface area contributed by atoms with Crippen LogP contribution in [0, 0.1) is 23.7 Å². The van der Waals surface area contributed by atoms with E-state index >= 15 is 0 Å². The quantitative estimate of drug-likeness (QED) is 0.105. The molecule has 0 aliphatic carbocycles. The SMILES string of the molecule is CCC1CN2CC[C@@H]1CC2[C@@H](Oc1nc(-c2ccccc2)nc(O[C@@H](c2ccnc3ccc(OC)cc23)[C@@H]2CC3CCN2C[C@@H]3CC)c1-c1ccccc1)c1ccnc2ccc(OC)cc12. The largest absolute Gasteiger partial charge is 0.497 e. The second-order valence-electron chi connectivity index (χ2n) is 18.9. The van der Waals surface area contributed by atoms with E-state index in [1.807, 2.05) is 54.9 Å². The molecule has 10 heteroatoms. The number of hydrogen-bond donors (Lipinski definition) is 0. The summed E-state index contributed by atoms with van der Waals surface area (Å²) in [6.45, 7) is 8.88. The summed E-state index contributed by atoms with van der Waals surface area (Å²) in [6.07, 6.45) is 9.90. The first-order valence-electron chi connectivity index (χ1n) is 24.2. The Kier molecular flexibility index (Phi) is 11.8. The Morgan fingerprint density at radius 1 is 0.576 bits per heavy atom. The van der Waals surface area contributed by atoms with Crippen LogP contribution in [0.25, 0.3) is 44.3 Å². The van der Waals surface area contributed by atoms with Crippen LogP contribution in [0.5, 0.6) is 23.3 Å². The molecular weight excluding hydrogens is 821 g/mol. The highest BCUT2D eigenvalue weighted by atomic mass is 16.5. The van der Waals surface area contributed by atoms with Gasteiger partial charge in [0.15, 0.2) is 5.82 Å². The number of nitrogens with zero attached hydrogens (tertiary/aromatic N) is 6. The van der Waals surface area contributed by atoms with Crippen LogP contribution in [0.1, 0.15) is 75.7 Å². The van der Waals surface area contributed by atoms with Crippen molar-refractivity contribution in [2.45, 2.75) is 76.7 Å². The van der Waals surface area contributed by atoms with Crippen molar-refractivity contribution in [3.05, 3.63) is 133 Å². The number of fused-ring (bicyclic) bond motifs is 8. The standard InChI is InChI=1S/C56H60N6O4/c1-5-35-33-61-27-23-39(35)29-49(61)52(43-21-25-57-47-19-17-41(63-3)31-45(43)47)65-55-51(37-13-9-7-10-14-37)56(60-54(59-55)38-15-11-8-12-16-38)66-53(50-30-40-24-28-62(50)34-36(40)6-2)44-22-26-58-48-20-18-42(64-4)32-46(44)48/h7-22,25-26,31-32,35-36,39-40,49-50,52-53H,5-6,23-24,27-30,33-34H2,1-4H3/t35-,36?,39?,40+,49-,50?,52-,53-/m0/s1. The van der Waals surface area contributed by atoms with Gasteiger partial charge in [-0.05, 0) is 117 Å². The van der Waals surface area contributed by atoms with Gasteiger partial charge in [0.05, 0.1) is 37.3 Å². The van der Waals surface area contributed by atoms with Gasteiger partial charge in [0, 0.05) is 52.9 Å². The number of aromatic nitrogens is 4. The molecule has 0 spiro atoms. The Hall–Kier alpha value is -6.10. The number of methoxy groups -OCH3 is 2. The Balaban J connectivity index is 1.13. The van der Waals surface area contributed by atoms with Crippen LogP contribution in [-0.2, 0) is 0 Å². The first-order valence-corrected chi connectivity index (χ1v) is 24.2. The van der Waals surface area contributed by atoms with Crippen molar-refractivity contribution in [3.8, 4) is 45.8 Å². The molecule has 7 aromatic rings. The van der Waals surface area contributed by atoms with Gasteiger partial charge in [0.2, 0.25) is 11.8 Å². The van der Waals surface area contributed by atoms with Crippen LogP contribution in [0.2, 0.25) is 0 Å². The maximum Gasteiger partial charge on any atom is 0.229 e. The zero-order chi connectivity index (χ0) is 44.7. The van der Waals surface area contributed by atoms with E-state index in [4.69, 9.17) is 38.9 Å². The van der Waals surface area contributed by atoms with Crippen molar-refractivity contribution in [3.63, 3.8) is 0 Å². The Labute approximate surface area is 388 Å². The van der Waals surface area contributed by atoms with Gasteiger partial charge in [-0.3, -0.25) is 19.8 Å². The van der Waals surface area contributed by atoms with Crippen molar-refractivity contribution in [2.75, 3.05) is 40.4 Å². The molecule has 6 fully saturated rings. The lowest BCUT2D eigenvalue weighted by molar-refractivity contribution is -0.0510. The normalized spacial score (nSPS) is 25.4. The Morgan fingerprint density at radius 2 is 1.05 bits per heavy atom. The van der Waals surface area contributed by atoms with E-state index in [9.17, 15) is 0 Å². The van der Waals surface area contributed by atoms with Crippen LogP contribution in [0.15, 0.2) is 122 Å². The Morgan fingerprint density at radius 3 is 1.47 bits per heavy atom. The summed E-state index contributed by atoms with van der Waals surface area (Å²) < 4.78 is 27.2. The summed E-state index contributed by atoms with van der Waals surface area (Å²) in [6, 6.07) is 37.4. The molecule has 0 saturated carbocycles. The van der Waals surface area contributed by atoms with Gasteiger partial charge >= 0.3 is 0 Å². The molecule has 0 radical (unpaired) electrons. The van der Waals surface area contributed by atoms with Crippen molar-refractivity contribution < 1.29 is 18.9 Å². The number of hydrogen-bond acceptors (Lipinski definition) is 10. The third kappa shape index (κ3) is 7.91. The highest BCUT2D eigenvalue weighted by Gasteiger charge is 2.47. The summed E-state index contributed by atoms with van der Waals surface area (Å²) in [5, 5.41) is 2.02. The first-order chi connectivity index (χ1) is 32.5. The van der Waals surface area contributed by atoms with Gasteiger partial charge in [-0.25, -0.2) is 0 Å². The molecule has 6 aliphatic heterocycles. The van der Waals surface area contributed by atoms with Gasteiger partial charge in [-0.1, -0.05) is 87.4 Å². The molecule has 10 atom stereocenters. The molecule has 338 valence electrons. The predicted molar refractivity (Wildman–Crippen MR) is 260 cm³/mol. The molecule has 0 N–H and O–H groups in total. The van der Waals surface area contributed by atoms with E-state index in [1.165, 1.54) is 25.7 Å². The molecule has 6 saturated heterocycles. The lowest BCUT2D eigenvalue weighted by Gasteiger charge is -2.52. The van der Waals surface area contributed by atoms with Crippen LogP contribution >= 0.6 is 0 Å². The molecule has 5 unspecified atom stereocenters. The Bertz CT molecular complexity index is 2680. The fourth-order valence-electron chi connectivity index (χ4n) is 12.1. The fraction of sp³-hybridized carbons (Fsp3) is 0.393. The molecule has 9 heterocycles. The van der Waals surface area contributed by atoms with Crippen LogP contribution in [-0.4, -0.2) is 82.2 Å². The van der Waals surface area contributed by atoms with Crippen molar-refractivity contribution in [2.24, 2.45) is 23.7 Å². The average molecular weight is 881 g/mol. The van der Waals surface area contributed by atoms with E-state index in [-0.39, 0.29) is 12.1 Å². The van der Waals surface area contributed by atoms with Gasteiger partial charge in [-0.15, -0.1) is 0 Å². The third-order valence-electron chi connectivity index (χ3n) is 15.6. The minimum absolute atomic E-state index is 0.106. The van der Waals surface area contributed by atoms with E-state index in [1.54, 1.807) is 14.2 Å². The van der Waals surface area contributed by atoms with Crippen molar-refractivity contribution >= 4 is 21.8 Å². The zero-order valence-corrected chi connectivity index (χ0v) is 38.6. The molecule has 3 aromatic heterocycles. The van der Waals surface area contributed by atoms with Crippen molar-refractivity contribution in [1.29, 1.82) is 0 Å². The summed E-state index contributed by atoms with van der Waals surface area (Å²) in [5.41, 5.74) is 6.48. The summed E-state index contributed by atoms with van der Waals surface area (Å²) in [7, 11) is 3.44. The topological polar surface area (TPSA) is 95.0 Å². The van der Waals surface area contributed by atoms with Crippen LogP contribution in [0.3, 0.4) is 0 Å². The van der Waals surface area contributed by atoms with Gasteiger partial charge < -0.3 is 18.9 Å². The van der Waals surface area contributed by atoms with E-state index in [2.05, 4.69) is 90.4 Å². The lowest BCUT2D eigenvalue weighted by Crippen LogP contribution is -2.56. The monoisotopic (exact) mass is 880 g/mol. The number of benzene rings is 4. The molecular formula is C56H60N6O4. The van der Waals surface area contributed by atoms with Gasteiger partial charge in [0.1, 0.15) is 29.3 Å². The number of ether oxygens (including phenoxy) is 4. The highest BCUT2D eigenvalue weighted by molar-refractivity contribution is 5.85. The van der Waals surface area contributed by atoms with Crippen molar-refractivity contribution in [1.82, 2.24) is 29.7 Å². The van der Waals surface area contributed by atoms with Gasteiger partial charge in [0.25, 0.3) is 0 Å². The van der Waals surface area contributed by atoms with Crippen LogP contribution < -0.4 is 18.9 Å². The van der Waals surface area contributed by atoms with E-state index < -0.39 is 12.2 Å². The van der Waals surface area contributed by atoms with E-state index in [0.29, 0.717) is 41.3 Å². The minimum atomic E-state index is -0.393. The number of rotatable bonds is 14. The molecule has 13 rings (SSSR count). The molecule has 4 aromatic carbocycles.